The summed E-state index contributed by atoms with van der Waals surface area (Å²) >= 11 is 0. The van der Waals surface area contributed by atoms with Crippen LogP contribution in [0.25, 0.3) is 0 Å². The molecule has 1 aromatic rings. The minimum atomic E-state index is 0.394. The van der Waals surface area contributed by atoms with E-state index in [9.17, 15) is 0 Å². The minimum Gasteiger partial charge on any atom is -0.372 e. The maximum absolute atomic E-state index is 8.97. The average molecular weight is 447 g/mol. The Hall–Kier alpha value is -2.54. The molecule has 33 heavy (non-hydrogen) atoms. The number of nitrogens with zero attached hydrogens (tertiary/aromatic N) is 3. The van der Waals surface area contributed by atoms with Crippen molar-refractivity contribution in [2.45, 2.75) is 90.5 Å². The Morgan fingerprint density at radius 3 is 2.58 bits per heavy atom. The highest BCUT2D eigenvalue weighted by Gasteiger charge is 2.24. The van der Waals surface area contributed by atoms with Crippen molar-refractivity contribution in [2.24, 2.45) is 10.9 Å². The number of nitriles is 1. The number of rotatable bonds is 10. The maximum atomic E-state index is 8.97. The number of aliphatic imine (C=N–C) groups is 1. The number of anilines is 1. The first-order chi connectivity index (χ1) is 16.0. The number of hydrogen-bond acceptors (Lipinski definition) is 4. The molecule has 0 spiro atoms. The first-order valence-electron chi connectivity index (χ1n) is 12.9. The Morgan fingerprint density at radius 2 is 1.94 bits per heavy atom. The zero-order valence-electron chi connectivity index (χ0n) is 20.8. The van der Waals surface area contributed by atoms with Gasteiger partial charge >= 0.3 is 0 Å². The third kappa shape index (κ3) is 7.22. The van der Waals surface area contributed by atoms with Gasteiger partial charge in [-0.05, 0) is 119 Å². The molecule has 4 nitrogen and oxygen atoms in total. The van der Waals surface area contributed by atoms with E-state index in [4.69, 9.17) is 5.26 Å². The van der Waals surface area contributed by atoms with Gasteiger partial charge < -0.3 is 10.2 Å². The van der Waals surface area contributed by atoms with Crippen molar-refractivity contribution in [3.05, 3.63) is 52.9 Å². The molecule has 0 unspecified atom stereocenters. The van der Waals surface area contributed by atoms with E-state index in [2.05, 4.69) is 60.6 Å². The van der Waals surface area contributed by atoms with Crippen LogP contribution in [0.3, 0.4) is 0 Å². The van der Waals surface area contributed by atoms with E-state index in [1.807, 2.05) is 0 Å². The fourth-order valence-corrected chi connectivity index (χ4v) is 5.46. The van der Waals surface area contributed by atoms with Crippen molar-refractivity contribution in [1.29, 1.82) is 5.26 Å². The smallest absolute Gasteiger partial charge is 0.126 e. The van der Waals surface area contributed by atoms with Crippen LogP contribution < -0.4 is 10.2 Å². The van der Waals surface area contributed by atoms with E-state index in [1.165, 1.54) is 82.1 Å². The van der Waals surface area contributed by atoms with E-state index in [0.29, 0.717) is 17.4 Å². The molecule has 178 valence electrons. The van der Waals surface area contributed by atoms with Crippen molar-refractivity contribution < 1.29 is 0 Å². The lowest BCUT2D eigenvalue weighted by Gasteiger charge is -2.32. The van der Waals surface area contributed by atoms with Gasteiger partial charge in [0.15, 0.2) is 0 Å². The second kappa shape index (κ2) is 12.6. The lowest BCUT2D eigenvalue weighted by molar-refractivity contribution is 0.301. The van der Waals surface area contributed by atoms with Gasteiger partial charge in [0, 0.05) is 30.4 Å². The molecule has 1 N–H and O–H groups in total. The highest BCUT2D eigenvalue weighted by Crippen LogP contribution is 2.33. The number of aryl methyl sites for hydroxylation is 1. The predicted octanol–water partition coefficient (Wildman–Crippen LogP) is 6.64. The first kappa shape index (κ1) is 25.1. The quantitative estimate of drug-likeness (QED) is 0.249. The number of allylic oxidation sites excluding steroid dienone is 2. The van der Waals surface area contributed by atoms with Gasteiger partial charge in [-0.2, -0.15) is 5.26 Å². The second-order valence-electron chi connectivity index (χ2n) is 9.94. The summed E-state index contributed by atoms with van der Waals surface area (Å²) in [7, 11) is 0. The molecule has 1 aliphatic carbocycles. The van der Waals surface area contributed by atoms with Gasteiger partial charge in [-0.15, -0.1) is 0 Å². The van der Waals surface area contributed by atoms with Crippen LogP contribution in [0.4, 0.5) is 5.69 Å². The Bertz CT molecular complexity index is 878. The standard InChI is InChI=1S/C29H42N4/c1-5-6-10-28-23(3)18-27(33-15-8-7-9-16-33)20-25(28)19-24-11-13-26(14-12-24)32-29(31-4)17-22(2)21-30/h17-18,20,24,26,32H,2,4-16,19H2,1,3H3/b29-17+. The van der Waals surface area contributed by atoms with E-state index >= 15 is 0 Å². The number of piperidine rings is 1. The molecule has 2 aliphatic rings. The summed E-state index contributed by atoms with van der Waals surface area (Å²) in [5.41, 5.74) is 6.54. The lowest BCUT2D eigenvalue weighted by Crippen LogP contribution is -2.33. The van der Waals surface area contributed by atoms with Gasteiger partial charge in [0.1, 0.15) is 5.82 Å². The van der Waals surface area contributed by atoms with Crippen LogP contribution in [0.15, 0.2) is 41.2 Å². The van der Waals surface area contributed by atoms with Crippen molar-refractivity contribution in [1.82, 2.24) is 5.32 Å². The van der Waals surface area contributed by atoms with E-state index in [0.717, 1.165) is 18.8 Å². The zero-order valence-corrected chi connectivity index (χ0v) is 20.8. The molecule has 0 atom stereocenters. The van der Waals surface area contributed by atoms with Crippen LogP contribution in [0.5, 0.6) is 0 Å². The summed E-state index contributed by atoms with van der Waals surface area (Å²) in [6.07, 6.45) is 15.3. The van der Waals surface area contributed by atoms with Gasteiger partial charge in [0.05, 0.1) is 6.07 Å². The molecule has 1 heterocycles. The zero-order chi connectivity index (χ0) is 23.6. The van der Waals surface area contributed by atoms with E-state index < -0.39 is 0 Å². The molecule has 0 amide bonds. The highest BCUT2D eigenvalue weighted by molar-refractivity contribution is 5.55. The van der Waals surface area contributed by atoms with Gasteiger partial charge in [0.25, 0.3) is 0 Å². The average Bonchev–Trinajstić information content (AvgIpc) is 2.84. The minimum absolute atomic E-state index is 0.394. The lowest BCUT2D eigenvalue weighted by atomic mass is 9.80. The van der Waals surface area contributed by atoms with Gasteiger partial charge in [-0.3, -0.25) is 0 Å². The molecule has 1 saturated carbocycles. The summed E-state index contributed by atoms with van der Waals surface area (Å²) in [6, 6.07) is 7.43. The number of nitrogens with one attached hydrogen (secondary N) is 1. The van der Waals surface area contributed by atoms with Crippen molar-refractivity contribution >= 4 is 12.4 Å². The molecule has 1 aliphatic heterocycles. The number of benzene rings is 1. The van der Waals surface area contributed by atoms with Gasteiger partial charge in [0.2, 0.25) is 0 Å². The maximum Gasteiger partial charge on any atom is 0.126 e. The Morgan fingerprint density at radius 1 is 1.21 bits per heavy atom. The van der Waals surface area contributed by atoms with Crippen LogP contribution in [-0.4, -0.2) is 25.8 Å². The molecular weight excluding hydrogens is 404 g/mol. The van der Waals surface area contributed by atoms with Crippen molar-refractivity contribution in [2.75, 3.05) is 18.0 Å². The number of unbranched alkanes of at least 4 members (excludes halogenated alkanes) is 1. The Balaban J connectivity index is 1.67. The molecule has 0 radical (unpaired) electrons. The fourth-order valence-electron chi connectivity index (χ4n) is 5.46. The topological polar surface area (TPSA) is 51.4 Å². The normalized spacial score (nSPS) is 21.4. The number of hydrogen-bond donors (Lipinski definition) is 1. The highest BCUT2D eigenvalue weighted by atomic mass is 15.1. The van der Waals surface area contributed by atoms with Crippen LogP contribution in [0, 0.1) is 24.2 Å². The third-order valence-corrected chi connectivity index (χ3v) is 7.38. The SMILES string of the molecule is C=N/C(=C\C(=C)C#N)NC1CCC(Cc2cc(N3CCCCC3)cc(C)c2CCCC)CC1. The molecule has 1 aromatic carbocycles. The van der Waals surface area contributed by atoms with Crippen LogP contribution >= 0.6 is 0 Å². The van der Waals surface area contributed by atoms with Gasteiger partial charge in [-0.1, -0.05) is 19.9 Å². The summed E-state index contributed by atoms with van der Waals surface area (Å²) < 4.78 is 0. The van der Waals surface area contributed by atoms with Crippen LogP contribution in [0.1, 0.15) is 81.4 Å². The van der Waals surface area contributed by atoms with E-state index in [-0.39, 0.29) is 0 Å². The molecule has 0 bridgehead atoms. The Labute approximate surface area is 201 Å². The van der Waals surface area contributed by atoms with Crippen LogP contribution in [-0.2, 0) is 12.8 Å². The Kier molecular flexibility index (Phi) is 9.61. The predicted molar refractivity (Wildman–Crippen MR) is 141 cm³/mol. The molecule has 0 aromatic heterocycles. The van der Waals surface area contributed by atoms with Crippen molar-refractivity contribution in [3.63, 3.8) is 0 Å². The molecule has 3 rings (SSSR count). The molecular formula is C29H42N4. The molecule has 1 saturated heterocycles. The third-order valence-electron chi connectivity index (χ3n) is 7.38. The van der Waals surface area contributed by atoms with Crippen molar-refractivity contribution in [3.8, 4) is 6.07 Å². The van der Waals surface area contributed by atoms with E-state index in [1.54, 1.807) is 17.2 Å². The first-order valence-corrected chi connectivity index (χ1v) is 12.9. The largest absolute Gasteiger partial charge is 0.372 e. The fraction of sp³-hybridized carbons (Fsp3) is 0.586. The summed E-state index contributed by atoms with van der Waals surface area (Å²) in [5, 5.41) is 12.4. The molecule has 2 fully saturated rings. The molecule has 4 heteroatoms. The monoisotopic (exact) mass is 446 g/mol. The summed E-state index contributed by atoms with van der Waals surface area (Å²) in [4.78, 5) is 6.65. The summed E-state index contributed by atoms with van der Waals surface area (Å²) in [6.45, 7) is 14.4. The van der Waals surface area contributed by atoms with Gasteiger partial charge in [-0.25, -0.2) is 4.99 Å². The van der Waals surface area contributed by atoms with Crippen LogP contribution in [0.2, 0.25) is 0 Å². The second-order valence-corrected chi connectivity index (χ2v) is 9.94. The summed E-state index contributed by atoms with van der Waals surface area (Å²) in [5.74, 6) is 1.40.